The molecule has 0 saturated carbocycles. The van der Waals surface area contributed by atoms with Gasteiger partial charge in [0.1, 0.15) is 12.2 Å². The summed E-state index contributed by atoms with van der Waals surface area (Å²) in [7, 11) is 0. The zero-order valence-electron chi connectivity index (χ0n) is 10.5. The second-order valence-corrected chi connectivity index (χ2v) is 5.88. The summed E-state index contributed by atoms with van der Waals surface area (Å²) in [5.74, 6) is -0.400. The maximum Gasteiger partial charge on any atom is 0.258 e. The number of ether oxygens (including phenoxy) is 1. The zero-order chi connectivity index (χ0) is 13.6. The molecule has 3 atom stereocenters. The van der Waals surface area contributed by atoms with Crippen molar-refractivity contribution >= 4 is 27.7 Å². The van der Waals surface area contributed by atoms with E-state index in [1.54, 1.807) is 0 Å². The highest BCUT2D eigenvalue weighted by Gasteiger charge is 2.48. The van der Waals surface area contributed by atoms with Crippen LogP contribution in [0.25, 0.3) is 0 Å². The van der Waals surface area contributed by atoms with Crippen molar-refractivity contribution in [1.82, 2.24) is 4.90 Å². The molecule has 3 rings (SSSR count). The Morgan fingerprint density at radius 1 is 1.16 bits per heavy atom. The fraction of sp³-hybridized carbons (Fsp3) is 0.429. The van der Waals surface area contributed by atoms with Crippen LogP contribution in [0, 0.1) is 0 Å². The SMILES string of the molecule is CC(c1ccc(Br)cc1)N1C(=O)C2CCC(O2)C1=O. The van der Waals surface area contributed by atoms with E-state index >= 15 is 0 Å². The molecule has 2 bridgehead atoms. The van der Waals surface area contributed by atoms with Crippen LogP contribution in [-0.2, 0) is 14.3 Å². The van der Waals surface area contributed by atoms with Gasteiger partial charge in [-0.1, -0.05) is 28.1 Å². The Labute approximate surface area is 119 Å². The van der Waals surface area contributed by atoms with Gasteiger partial charge in [0.15, 0.2) is 0 Å². The van der Waals surface area contributed by atoms with Crippen LogP contribution in [0.4, 0.5) is 0 Å². The first-order valence-electron chi connectivity index (χ1n) is 6.36. The summed E-state index contributed by atoms with van der Waals surface area (Å²) < 4.78 is 6.38. The van der Waals surface area contributed by atoms with Crippen LogP contribution in [0.15, 0.2) is 28.7 Å². The van der Waals surface area contributed by atoms with E-state index in [1.807, 2.05) is 31.2 Å². The normalized spacial score (nSPS) is 27.8. The predicted octanol–water partition coefficient (Wildman–Crippen LogP) is 2.43. The summed E-state index contributed by atoms with van der Waals surface area (Å²) in [6, 6.07) is 7.42. The van der Waals surface area contributed by atoms with E-state index in [4.69, 9.17) is 4.74 Å². The zero-order valence-corrected chi connectivity index (χ0v) is 12.1. The summed E-state index contributed by atoms with van der Waals surface area (Å²) in [6.45, 7) is 1.88. The molecular weight excluding hydrogens is 310 g/mol. The third kappa shape index (κ3) is 2.11. The molecule has 2 aliphatic rings. The monoisotopic (exact) mass is 323 g/mol. The largest absolute Gasteiger partial charge is 0.355 e. The molecule has 1 aromatic carbocycles. The van der Waals surface area contributed by atoms with Crippen LogP contribution in [-0.4, -0.2) is 28.9 Å². The van der Waals surface area contributed by atoms with Crippen LogP contribution in [0.5, 0.6) is 0 Å². The number of hydrogen-bond acceptors (Lipinski definition) is 3. The lowest BCUT2D eigenvalue weighted by Gasteiger charge is -2.34. The van der Waals surface area contributed by atoms with E-state index < -0.39 is 12.2 Å². The Bertz CT molecular complexity index is 506. The molecule has 2 aliphatic heterocycles. The number of nitrogens with zero attached hydrogens (tertiary/aromatic N) is 1. The second kappa shape index (κ2) is 4.72. The third-order valence-corrected chi connectivity index (χ3v) is 4.31. The smallest absolute Gasteiger partial charge is 0.258 e. The Morgan fingerprint density at radius 3 is 2.21 bits per heavy atom. The average molecular weight is 324 g/mol. The number of halogens is 1. The minimum atomic E-state index is -0.430. The van der Waals surface area contributed by atoms with E-state index in [0.717, 1.165) is 10.0 Å². The molecule has 100 valence electrons. The molecule has 2 heterocycles. The molecule has 4 nitrogen and oxygen atoms in total. The van der Waals surface area contributed by atoms with Crippen LogP contribution >= 0.6 is 15.9 Å². The topological polar surface area (TPSA) is 46.6 Å². The van der Waals surface area contributed by atoms with E-state index in [2.05, 4.69) is 15.9 Å². The standard InChI is InChI=1S/C14H14BrNO3/c1-8(9-2-4-10(15)5-3-9)16-13(17)11-6-7-12(19-11)14(16)18/h2-5,8,11-12H,6-7H2,1H3. The van der Waals surface area contributed by atoms with Gasteiger partial charge in [-0.15, -0.1) is 0 Å². The first kappa shape index (κ1) is 12.8. The van der Waals surface area contributed by atoms with E-state index in [-0.39, 0.29) is 17.9 Å². The fourth-order valence-electron chi connectivity index (χ4n) is 2.69. The molecule has 2 amide bonds. The van der Waals surface area contributed by atoms with Gasteiger partial charge in [-0.3, -0.25) is 14.5 Å². The highest BCUT2D eigenvalue weighted by atomic mass is 79.9. The van der Waals surface area contributed by atoms with Gasteiger partial charge < -0.3 is 4.74 Å². The molecule has 0 spiro atoms. The summed E-state index contributed by atoms with van der Waals surface area (Å²) in [5, 5.41) is 0. The number of benzene rings is 1. The van der Waals surface area contributed by atoms with Crippen LogP contribution < -0.4 is 0 Å². The van der Waals surface area contributed by atoms with Crippen molar-refractivity contribution in [3.63, 3.8) is 0 Å². The van der Waals surface area contributed by atoms with Gasteiger partial charge in [0.25, 0.3) is 11.8 Å². The van der Waals surface area contributed by atoms with Crippen molar-refractivity contribution in [2.24, 2.45) is 0 Å². The summed E-state index contributed by atoms with van der Waals surface area (Å²) in [6.07, 6.45) is 0.443. The van der Waals surface area contributed by atoms with E-state index in [1.165, 1.54) is 4.90 Å². The first-order valence-corrected chi connectivity index (χ1v) is 7.15. The van der Waals surface area contributed by atoms with E-state index in [0.29, 0.717) is 12.8 Å². The number of hydrogen-bond donors (Lipinski definition) is 0. The summed E-state index contributed by atoms with van der Waals surface area (Å²) in [4.78, 5) is 25.9. The van der Waals surface area contributed by atoms with E-state index in [9.17, 15) is 9.59 Å². The molecule has 2 saturated heterocycles. The second-order valence-electron chi connectivity index (χ2n) is 4.96. The number of carbonyl (C=O) groups excluding carboxylic acids is 2. The highest BCUT2D eigenvalue weighted by Crippen LogP contribution is 2.33. The number of morpholine rings is 1. The van der Waals surface area contributed by atoms with Crippen LogP contribution in [0.3, 0.4) is 0 Å². The number of fused-ring (bicyclic) bond motifs is 2. The number of amides is 2. The lowest BCUT2D eigenvalue weighted by Crippen LogP contribution is -2.52. The average Bonchev–Trinajstić information content (AvgIpc) is 2.84. The minimum absolute atomic E-state index is 0.200. The highest BCUT2D eigenvalue weighted by molar-refractivity contribution is 9.10. The van der Waals surface area contributed by atoms with Gasteiger partial charge >= 0.3 is 0 Å². The maximum atomic E-state index is 12.2. The lowest BCUT2D eigenvalue weighted by molar-refractivity contribution is -0.171. The quantitative estimate of drug-likeness (QED) is 0.785. The molecule has 0 N–H and O–H groups in total. The van der Waals surface area contributed by atoms with Crippen molar-refractivity contribution in [2.75, 3.05) is 0 Å². The Hall–Kier alpha value is -1.20. The van der Waals surface area contributed by atoms with Gasteiger partial charge in [-0.05, 0) is 37.5 Å². The van der Waals surface area contributed by atoms with Gasteiger partial charge in [0.05, 0.1) is 6.04 Å². The van der Waals surface area contributed by atoms with Gasteiger partial charge in [-0.2, -0.15) is 0 Å². The minimum Gasteiger partial charge on any atom is -0.355 e. The number of imide groups is 1. The van der Waals surface area contributed by atoms with Crippen molar-refractivity contribution < 1.29 is 14.3 Å². The van der Waals surface area contributed by atoms with Gasteiger partial charge in [0, 0.05) is 4.47 Å². The van der Waals surface area contributed by atoms with Crippen molar-refractivity contribution in [3.05, 3.63) is 34.3 Å². The fourth-order valence-corrected chi connectivity index (χ4v) is 2.96. The number of carbonyl (C=O) groups is 2. The lowest BCUT2D eigenvalue weighted by atomic mass is 10.1. The number of likely N-dealkylation sites (tertiary alicyclic amines) is 1. The molecule has 5 heteroatoms. The summed E-state index contributed by atoms with van der Waals surface area (Å²) >= 11 is 3.38. The van der Waals surface area contributed by atoms with Crippen LogP contribution in [0.1, 0.15) is 31.4 Å². The Balaban J connectivity index is 1.90. The molecule has 0 radical (unpaired) electrons. The Kier molecular flexibility index (Phi) is 3.19. The number of rotatable bonds is 2. The summed E-state index contributed by atoms with van der Waals surface area (Å²) in [5.41, 5.74) is 0.950. The van der Waals surface area contributed by atoms with Crippen molar-refractivity contribution in [3.8, 4) is 0 Å². The first-order chi connectivity index (χ1) is 9.08. The molecule has 3 unspecified atom stereocenters. The molecule has 1 aromatic rings. The molecular formula is C14H14BrNO3. The van der Waals surface area contributed by atoms with Gasteiger partial charge in [-0.25, -0.2) is 0 Å². The molecule has 0 aromatic heterocycles. The third-order valence-electron chi connectivity index (χ3n) is 3.79. The molecule has 0 aliphatic carbocycles. The Morgan fingerprint density at radius 2 is 1.68 bits per heavy atom. The molecule has 19 heavy (non-hydrogen) atoms. The molecule has 2 fully saturated rings. The predicted molar refractivity (Wildman–Crippen MR) is 72.3 cm³/mol. The van der Waals surface area contributed by atoms with Gasteiger partial charge in [0.2, 0.25) is 0 Å². The van der Waals surface area contributed by atoms with Crippen molar-refractivity contribution in [1.29, 1.82) is 0 Å². The van der Waals surface area contributed by atoms with Crippen LogP contribution in [0.2, 0.25) is 0 Å². The maximum absolute atomic E-state index is 12.2. The van der Waals surface area contributed by atoms with Crippen molar-refractivity contribution in [2.45, 2.75) is 38.0 Å².